The monoisotopic (exact) mass is 317 g/mol. The first-order valence-corrected chi connectivity index (χ1v) is 6.32. The molecule has 3 N–H and O–H groups in total. The average molecular weight is 318 g/mol. The molecule has 0 amide bonds. The lowest BCUT2D eigenvalue weighted by atomic mass is 10.0. The van der Waals surface area contributed by atoms with Crippen LogP contribution in [0, 0.1) is 0 Å². The third-order valence-corrected chi connectivity index (χ3v) is 3.01. The molecule has 18 heavy (non-hydrogen) atoms. The summed E-state index contributed by atoms with van der Waals surface area (Å²) in [6.07, 6.45) is -0.135. The summed E-state index contributed by atoms with van der Waals surface area (Å²) in [5.41, 5.74) is 4.56. The van der Waals surface area contributed by atoms with E-state index < -0.39 is 12.0 Å². The SMILES string of the molecule is CCOc1c(Br)cc([C@H]([NH3+])CC(=O)[O-])cc1OC. The maximum atomic E-state index is 10.6. The third kappa shape index (κ3) is 3.61. The van der Waals surface area contributed by atoms with Gasteiger partial charge in [0, 0.05) is 18.0 Å². The van der Waals surface area contributed by atoms with Crippen molar-refractivity contribution >= 4 is 21.9 Å². The van der Waals surface area contributed by atoms with E-state index >= 15 is 0 Å². The number of ether oxygens (including phenoxy) is 2. The van der Waals surface area contributed by atoms with Crippen LogP contribution in [-0.4, -0.2) is 19.7 Å². The van der Waals surface area contributed by atoms with Crippen LogP contribution in [-0.2, 0) is 4.79 Å². The topological polar surface area (TPSA) is 86.2 Å². The molecule has 5 nitrogen and oxygen atoms in total. The quantitative estimate of drug-likeness (QED) is 0.816. The molecule has 1 aromatic rings. The Hall–Kier alpha value is -1.27. The Morgan fingerprint density at radius 3 is 2.72 bits per heavy atom. The fraction of sp³-hybridized carbons (Fsp3) is 0.417. The summed E-state index contributed by atoms with van der Waals surface area (Å²) in [5.74, 6) is 0.0246. The molecule has 0 radical (unpaired) electrons. The van der Waals surface area contributed by atoms with Crippen LogP contribution in [0.5, 0.6) is 11.5 Å². The number of carboxylic acids is 1. The lowest BCUT2D eigenvalue weighted by molar-refractivity contribution is -0.430. The first kappa shape index (κ1) is 14.8. The molecule has 0 saturated heterocycles. The van der Waals surface area contributed by atoms with Crippen LogP contribution in [0.3, 0.4) is 0 Å². The number of carbonyl (C=O) groups excluding carboxylic acids is 1. The van der Waals surface area contributed by atoms with Gasteiger partial charge in [-0.1, -0.05) is 0 Å². The zero-order chi connectivity index (χ0) is 13.7. The number of halogens is 1. The van der Waals surface area contributed by atoms with E-state index in [2.05, 4.69) is 21.7 Å². The number of rotatable bonds is 6. The van der Waals surface area contributed by atoms with E-state index in [0.29, 0.717) is 22.6 Å². The van der Waals surface area contributed by atoms with E-state index in [0.717, 1.165) is 5.56 Å². The van der Waals surface area contributed by atoms with Gasteiger partial charge >= 0.3 is 0 Å². The van der Waals surface area contributed by atoms with Crippen molar-refractivity contribution in [1.29, 1.82) is 0 Å². The van der Waals surface area contributed by atoms with Gasteiger partial charge in [0.15, 0.2) is 11.5 Å². The van der Waals surface area contributed by atoms with E-state index in [-0.39, 0.29) is 6.42 Å². The first-order valence-electron chi connectivity index (χ1n) is 5.52. The van der Waals surface area contributed by atoms with E-state index in [1.165, 1.54) is 7.11 Å². The number of carboxylic acid groups (broad SMARTS) is 1. The minimum absolute atomic E-state index is 0.135. The Balaban J connectivity index is 3.09. The molecule has 0 aliphatic carbocycles. The Bertz CT molecular complexity index is 436. The van der Waals surface area contributed by atoms with Crippen molar-refractivity contribution in [2.24, 2.45) is 0 Å². The van der Waals surface area contributed by atoms with E-state index in [4.69, 9.17) is 9.47 Å². The summed E-state index contributed by atoms with van der Waals surface area (Å²) in [6, 6.07) is 3.13. The summed E-state index contributed by atoms with van der Waals surface area (Å²) in [7, 11) is 1.53. The molecule has 100 valence electrons. The Kier molecular flexibility index (Phi) is 5.43. The molecule has 0 bridgehead atoms. The standard InChI is InChI=1S/C12H16BrNO4/c1-3-18-12-8(13)4-7(5-10(12)17-2)9(14)6-11(15)16/h4-5,9H,3,6,14H2,1-2H3,(H,15,16)/t9-/m1/s1. The van der Waals surface area contributed by atoms with Gasteiger partial charge in [0.2, 0.25) is 0 Å². The number of quaternary nitrogens is 1. The molecule has 0 aromatic heterocycles. The molecular formula is C12H16BrNO4. The zero-order valence-corrected chi connectivity index (χ0v) is 12.0. The summed E-state index contributed by atoms with van der Waals surface area (Å²) < 4.78 is 11.4. The highest BCUT2D eigenvalue weighted by atomic mass is 79.9. The van der Waals surface area contributed by atoms with Gasteiger partial charge in [-0.25, -0.2) is 0 Å². The minimum Gasteiger partial charge on any atom is -0.550 e. The van der Waals surface area contributed by atoms with Gasteiger partial charge in [-0.05, 0) is 35.0 Å². The minimum atomic E-state index is -1.13. The lowest BCUT2D eigenvalue weighted by Gasteiger charge is -2.15. The normalized spacial score (nSPS) is 12.0. The maximum absolute atomic E-state index is 10.6. The molecule has 0 aliphatic heterocycles. The predicted octanol–water partition coefficient (Wildman–Crippen LogP) is 0.279. The molecule has 1 rings (SSSR count). The van der Waals surface area contributed by atoms with Crippen molar-refractivity contribution < 1.29 is 25.1 Å². The van der Waals surface area contributed by atoms with Gasteiger partial charge < -0.3 is 25.1 Å². The molecule has 0 spiro atoms. The first-order chi connectivity index (χ1) is 8.49. The Morgan fingerprint density at radius 2 is 2.22 bits per heavy atom. The molecule has 6 heteroatoms. The number of carbonyl (C=O) groups is 1. The third-order valence-electron chi connectivity index (χ3n) is 2.42. The lowest BCUT2D eigenvalue weighted by Crippen LogP contribution is -2.55. The van der Waals surface area contributed by atoms with Crippen molar-refractivity contribution in [3.8, 4) is 11.5 Å². The van der Waals surface area contributed by atoms with Crippen LogP contribution in [0.1, 0.15) is 24.9 Å². The molecular weight excluding hydrogens is 302 g/mol. The van der Waals surface area contributed by atoms with E-state index in [1.807, 2.05) is 6.92 Å². The van der Waals surface area contributed by atoms with Gasteiger partial charge in [-0.3, -0.25) is 0 Å². The van der Waals surface area contributed by atoms with Gasteiger partial charge in [-0.2, -0.15) is 0 Å². The van der Waals surface area contributed by atoms with Crippen molar-refractivity contribution in [2.75, 3.05) is 13.7 Å². The summed E-state index contributed by atoms with van der Waals surface area (Å²) in [5, 5.41) is 10.6. The number of aliphatic carboxylic acids is 1. The highest BCUT2D eigenvalue weighted by Gasteiger charge is 2.17. The summed E-state index contributed by atoms with van der Waals surface area (Å²) in [4.78, 5) is 10.6. The van der Waals surface area contributed by atoms with Crippen molar-refractivity contribution in [3.05, 3.63) is 22.2 Å². The molecule has 0 unspecified atom stereocenters. The highest BCUT2D eigenvalue weighted by Crippen LogP contribution is 2.37. The second-order valence-electron chi connectivity index (χ2n) is 3.74. The van der Waals surface area contributed by atoms with Gasteiger partial charge in [0.1, 0.15) is 6.04 Å². The number of methoxy groups -OCH3 is 1. The van der Waals surface area contributed by atoms with Crippen LogP contribution in [0.2, 0.25) is 0 Å². The number of hydrogen-bond donors (Lipinski definition) is 1. The van der Waals surface area contributed by atoms with Crippen LogP contribution in [0.25, 0.3) is 0 Å². The largest absolute Gasteiger partial charge is 0.550 e. The number of hydrogen-bond acceptors (Lipinski definition) is 4. The number of benzene rings is 1. The Morgan fingerprint density at radius 1 is 1.56 bits per heavy atom. The van der Waals surface area contributed by atoms with Crippen molar-refractivity contribution in [1.82, 2.24) is 0 Å². The van der Waals surface area contributed by atoms with Gasteiger partial charge in [0.25, 0.3) is 0 Å². The summed E-state index contributed by atoms with van der Waals surface area (Å²) in [6.45, 7) is 2.39. The summed E-state index contributed by atoms with van der Waals surface area (Å²) >= 11 is 3.38. The molecule has 0 heterocycles. The van der Waals surface area contributed by atoms with Crippen LogP contribution >= 0.6 is 15.9 Å². The van der Waals surface area contributed by atoms with E-state index in [1.54, 1.807) is 12.1 Å². The molecule has 1 atom stereocenters. The van der Waals surface area contributed by atoms with Crippen molar-refractivity contribution in [2.45, 2.75) is 19.4 Å². The fourth-order valence-electron chi connectivity index (χ4n) is 1.58. The smallest absolute Gasteiger partial charge is 0.175 e. The van der Waals surface area contributed by atoms with Gasteiger partial charge in [0.05, 0.1) is 18.2 Å². The molecule has 0 aliphatic rings. The fourth-order valence-corrected chi connectivity index (χ4v) is 2.15. The zero-order valence-electron chi connectivity index (χ0n) is 10.4. The second-order valence-corrected chi connectivity index (χ2v) is 4.59. The van der Waals surface area contributed by atoms with E-state index in [9.17, 15) is 9.90 Å². The Labute approximate surface area is 114 Å². The van der Waals surface area contributed by atoms with Crippen LogP contribution in [0.4, 0.5) is 0 Å². The average Bonchev–Trinajstić information content (AvgIpc) is 2.30. The predicted molar refractivity (Wildman–Crippen MR) is 67.1 cm³/mol. The van der Waals surface area contributed by atoms with Crippen molar-refractivity contribution in [3.63, 3.8) is 0 Å². The second kappa shape index (κ2) is 6.61. The van der Waals surface area contributed by atoms with Crippen LogP contribution in [0.15, 0.2) is 16.6 Å². The van der Waals surface area contributed by atoms with Crippen LogP contribution < -0.4 is 20.3 Å². The molecule has 0 fully saturated rings. The highest BCUT2D eigenvalue weighted by molar-refractivity contribution is 9.10. The molecule has 1 aromatic carbocycles. The van der Waals surface area contributed by atoms with Gasteiger partial charge in [-0.15, -0.1) is 0 Å². The molecule has 0 saturated carbocycles. The maximum Gasteiger partial charge on any atom is 0.175 e.